The van der Waals surface area contributed by atoms with Crippen LogP contribution in [0.2, 0.25) is 0 Å². The fourth-order valence-electron chi connectivity index (χ4n) is 4.68. The van der Waals surface area contributed by atoms with Gasteiger partial charge < -0.3 is 24.6 Å². The first-order chi connectivity index (χ1) is 13.7. The van der Waals surface area contributed by atoms with Crippen LogP contribution in [0.5, 0.6) is 0 Å². The zero-order valence-electron chi connectivity index (χ0n) is 17.3. The van der Waals surface area contributed by atoms with Crippen LogP contribution in [0.25, 0.3) is 0 Å². The lowest BCUT2D eigenvalue weighted by Crippen LogP contribution is -2.58. The minimum atomic E-state index is -0.984. The van der Waals surface area contributed by atoms with E-state index in [1.165, 1.54) is 4.90 Å². The topological polar surface area (TPSA) is 123 Å². The van der Waals surface area contributed by atoms with Crippen molar-refractivity contribution >= 4 is 12.0 Å². The van der Waals surface area contributed by atoms with Gasteiger partial charge in [-0.25, -0.2) is 4.79 Å². The van der Waals surface area contributed by atoms with Crippen LogP contribution in [0.15, 0.2) is 0 Å². The molecule has 2 aliphatic heterocycles. The maximum absolute atomic E-state index is 13.3. The van der Waals surface area contributed by atoms with Gasteiger partial charge in [0, 0.05) is 6.54 Å². The summed E-state index contributed by atoms with van der Waals surface area (Å²) in [4.78, 5) is 29.4. The fourth-order valence-corrected chi connectivity index (χ4v) is 4.68. The second-order valence-corrected chi connectivity index (χ2v) is 9.16. The number of hydrogen-bond acceptors (Lipinski definition) is 7. The van der Waals surface area contributed by atoms with Crippen molar-refractivity contribution in [3.63, 3.8) is 0 Å². The molecular formula is C20H31N3O6. The molecule has 0 spiro atoms. The van der Waals surface area contributed by atoms with Crippen LogP contribution >= 0.6 is 0 Å². The Labute approximate surface area is 171 Å². The molecule has 29 heavy (non-hydrogen) atoms. The predicted molar refractivity (Wildman–Crippen MR) is 102 cm³/mol. The second-order valence-electron chi connectivity index (χ2n) is 9.16. The molecule has 3 rings (SSSR count). The Morgan fingerprint density at radius 2 is 2.03 bits per heavy atom. The smallest absolute Gasteiger partial charge is 0.411 e. The highest BCUT2D eigenvalue weighted by Gasteiger charge is 2.58. The molecule has 0 aromatic carbocycles. The van der Waals surface area contributed by atoms with Gasteiger partial charge in [0.05, 0.1) is 31.4 Å². The van der Waals surface area contributed by atoms with Gasteiger partial charge in [-0.15, -0.1) is 0 Å². The number of likely N-dealkylation sites (tertiary alicyclic amines) is 2. The van der Waals surface area contributed by atoms with Gasteiger partial charge in [0.15, 0.2) is 0 Å². The average molecular weight is 409 g/mol. The van der Waals surface area contributed by atoms with E-state index >= 15 is 0 Å². The zero-order valence-corrected chi connectivity index (χ0v) is 17.3. The number of amides is 2. The van der Waals surface area contributed by atoms with Gasteiger partial charge in [-0.05, 0) is 52.4 Å². The van der Waals surface area contributed by atoms with Crippen molar-refractivity contribution in [1.29, 1.82) is 5.26 Å². The van der Waals surface area contributed by atoms with Gasteiger partial charge in [0.2, 0.25) is 5.91 Å². The Morgan fingerprint density at radius 3 is 2.66 bits per heavy atom. The monoisotopic (exact) mass is 409 g/mol. The molecule has 3 aliphatic rings. The molecule has 2 N–H and O–H groups in total. The molecule has 1 saturated carbocycles. The van der Waals surface area contributed by atoms with E-state index in [0.29, 0.717) is 25.8 Å². The third-order valence-corrected chi connectivity index (χ3v) is 5.87. The molecule has 1 aliphatic carbocycles. The summed E-state index contributed by atoms with van der Waals surface area (Å²) in [5.74, 6) is -0.280. The number of carbonyl (C=O) groups excluding carboxylic acids is 2. The molecule has 0 aromatic heterocycles. The highest BCUT2D eigenvalue weighted by molar-refractivity contribution is 5.88. The Bertz CT molecular complexity index is 672. The van der Waals surface area contributed by atoms with Crippen molar-refractivity contribution in [1.82, 2.24) is 9.80 Å². The number of aliphatic hydroxyl groups excluding tert-OH is 2. The van der Waals surface area contributed by atoms with E-state index in [0.717, 1.165) is 6.42 Å². The number of piperidine rings is 1. The summed E-state index contributed by atoms with van der Waals surface area (Å²) in [5.41, 5.74) is -0.710. The number of carbonyl (C=O) groups is 2. The quantitative estimate of drug-likeness (QED) is 0.683. The van der Waals surface area contributed by atoms with Crippen LogP contribution in [-0.2, 0) is 14.3 Å². The summed E-state index contributed by atoms with van der Waals surface area (Å²) in [6.45, 7) is 5.40. The predicted octanol–water partition coefficient (Wildman–Crippen LogP) is 0.637. The summed E-state index contributed by atoms with van der Waals surface area (Å²) in [6, 6.07) is 0.741. The van der Waals surface area contributed by atoms with Gasteiger partial charge in [-0.1, -0.05) is 0 Å². The summed E-state index contributed by atoms with van der Waals surface area (Å²) in [6.07, 6.45) is 0.754. The van der Waals surface area contributed by atoms with E-state index in [1.807, 2.05) is 0 Å². The Hall–Kier alpha value is -1.89. The first kappa shape index (κ1) is 21.8. The molecule has 2 bridgehead atoms. The third-order valence-electron chi connectivity index (χ3n) is 5.87. The molecule has 2 saturated heterocycles. The van der Waals surface area contributed by atoms with Crippen molar-refractivity contribution in [3.8, 4) is 6.07 Å². The van der Waals surface area contributed by atoms with E-state index in [4.69, 9.17) is 14.6 Å². The highest BCUT2D eigenvalue weighted by atomic mass is 16.6. The maximum Gasteiger partial charge on any atom is 0.411 e. The van der Waals surface area contributed by atoms with Gasteiger partial charge in [-0.2, -0.15) is 5.26 Å². The summed E-state index contributed by atoms with van der Waals surface area (Å²) >= 11 is 0. The minimum Gasteiger partial charge on any atom is -0.444 e. The Balaban J connectivity index is 1.80. The lowest BCUT2D eigenvalue weighted by Gasteiger charge is -2.40. The summed E-state index contributed by atoms with van der Waals surface area (Å²) < 4.78 is 11.3. The molecule has 0 aromatic rings. The number of ether oxygens (including phenoxy) is 2. The fraction of sp³-hybridized carbons (Fsp3) is 0.850. The van der Waals surface area contributed by atoms with Gasteiger partial charge >= 0.3 is 6.09 Å². The molecule has 3 fully saturated rings. The van der Waals surface area contributed by atoms with E-state index < -0.39 is 36.5 Å². The number of aliphatic hydroxyl groups is 2. The maximum atomic E-state index is 13.3. The van der Waals surface area contributed by atoms with E-state index in [9.17, 15) is 20.0 Å². The zero-order chi connectivity index (χ0) is 21.3. The normalized spacial score (nSPS) is 32.3. The lowest BCUT2D eigenvalue weighted by molar-refractivity contribution is -0.141. The van der Waals surface area contributed by atoms with Crippen LogP contribution in [0.3, 0.4) is 0 Å². The summed E-state index contributed by atoms with van der Waals surface area (Å²) in [5, 5.41) is 27.9. The van der Waals surface area contributed by atoms with Crippen molar-refractivity contribution in [2.75, 3.05) is 19.8 Å². The molecule has 2 amide bonds. The third kappa shape index (κ3) is 4.49. The molecule has 9 heteroatoms. The molecule has 2 heterocycles. The van der Waals surface area contributed by atoms with Crippen LogP contribution < -0.4 is 0 Å². The number of hydrogen-bond donors (Lipinski definition) is 2. The number of nitriles is 1. The van der Waals surface area contributed by atoms with E-state index in [1.54, 1.807) is 25.7 Å². The van der Waals surface area contributed by atoms with Crippen LogP contribution in [0.4, 0.5) is 4.79 Å². The van der Waals surface area contributed by atoms with E-state index in [2.05, 4.69) is 6.07 Å². The van der Waals surface area contributed by atoms with E-state index in [-0.39, 0.29) is 30.6 Å². The van der Waals surface area contributed by atoms with Gasteiger partial charge in [0.25, 0.3) is 0 Å². The molecule has 0 unspecified atom stereocenters. The Kier molecular flexibility index (Phi) is 6.36. The minimum absolute atomic E-state index is 0.0339. The van der Waals surface area contributed by atoms with Crippen molar-refractivity contribution < 1.29 is 29.3 Å². The van der Waals surface area contributed by atoms with Gasteiger partial charge in [0.1, 0.15) is 23.8 Å². The standard InChI is InChI=1S/C20H31N3O6/c1-20(2,3)29-19(27)23-15-7-12(8-16(15)28-11-14(25)10-24)17(23)18(26)22-6-4-5-13(22)9-21/h12-17,24-25H,4-8,10-11H2,1-3H3/t12-,13-,14-,15+,16+,17-/m0/s1. The van der Waals surface area contributed by atoms with Crippen molar-refractivity contribution in [2.45, 2.75) is 82.4 Å². The first-order valence-corrected chi connectivity index (χ1v) is 10.3. The first-order valence-electron chi connectivity index (χ1n) is 10.3. The molecule has 0 radical (unpaired) electrons. The molecule has 162 valence electrons. The largest absolute Gasteiger partial charge is 0.444 e. The number of fused-ring (bicyclic) bond motifs is 2. The van der Waals surface area contributed by atoms with Crippen LogP contribution in [0, 0.1) is 17.2 Å². The van der Waals surface area contributed by atoms with Gasteiger partial charge in [-0.3, -0.25) is 9.69 Å². The highest BCUT2D eigenvalue weighted by Crippen LogP contribution is 2.45. The van der Waals surface area contributed by atoms with Crippen molar-refractivity contribution in [2.24, 2.45) is 5.92 Å². The molecular weight excluding hydrogens is 378 g/mol. The molecule has 6 atom stereocenters. The molecule has 9 nitrogen and oxygen atoms in total. The number of nitrogens with zero attached hydrogens (tertiary/aromatic N) is 3. The van der Waals surface area contributed by atoms with Crippen LogP contribution in [-0.4, -0.2) is 87.7 Å². The van der Waals surface area contributed by atoms with Crippen molar-refractivity contribution in [3.05, 3.63) is 0 Å². The lowest BCUT2D eigenvalue weighted by atomic mass is 9.96. The summed E-state index contributed by atoms with van der Waals surface area (Å²) in [7, 11) is 0. The SMILES string of the molecule is CC(C)(C)OC(=O)N1[C@@H]2C[C@@H](C[C@H]2OC[C@@H](O)CO)[C@H]1C(=O)N1CCC[C@H]1C#N. The second kappa shape index (κ2) is 8.46. The average Bonchev–Trinajstić information content (AvgIpc) is 3.37. The number of rotatable bonds is 5. The Morgan fingerprint density at radius 1 is 1.31 bits per heavy atom. The van der Waals surface area contributed by atoms with Crippen LogP contribution in [0.1, 0.15) is 46.5 Å².